The highest BCUT2D eigenvalue weighted by molar-refractivity contribution is 5.94. The smallest absolute Gasteiger partial charge is 0.253 e. The predicted octanol–water partition coefficient (Wildman–Crippen LogP) is 1.06. The van der Waals surface area contributed by atoms with Crippen molar-refractivity contribution in [3.63, 3.8) is 0 Å². The van der Waals surface area contributed by atoms with E-state index in [2.05, 4.69) is 15.2 Å². The van der Waals surface area contributed by atoms with E-state index in [0.717, 1.165) is 32.0 Å². The number of aromatic nitrogens is 1. The van der Waals surface area contributed by atoms with Gasteiger partial charge in [-0.3, -0.25) is 9.78 Å². The van der Waals surface area contributed by atoms with E-state index in [4.69, 9.17) is 4.74 Å². The molecule has 0 atom stereocenters. The Kier molecular flexibility index (Phi) is 4.15. The van der Waals surface area contributed by atoms with Crippen LogP contribution in [0, 0.1) is 0 Å². The third-order valence-electron chi connectivity index (χ3n) is 2.78. The van der Waals surface area contributed by atoms with Crippen LogP contribution in [-0.4, -0.2) is 43.2 Å². The molecule has 1 amide bonds. The average Bonchev–Trinajstić information content (AvgIpc) is 2.39. The van der Waals surface area contributed by atoms with Crippen molar-refractivity contribution in [3.05, 3.63) is 24.0 Å². The van der Waals surface area contributed by atoms with Crippen molar-refractivity contribution in [1.29, 1.82) is 0 Å². The van der Waals surface area contributed by atoms with E-state index in [0.29, 0.717) is 5.56 Å². The largest absolute Gasteiger partial charge is 0.378 e. The number of rotatable bonds is 3. The van der Waals surface area contributed by atoms with E-state index in [1.165, 1.54) is 0 Å². The zero-order valence-corrected chi connectivity index (χ0v) is 10.8. The van der Waals surface area contributed by atoms with Crippen LogP contribution in [0.15, 0.2) is 18.5 Å². The van der Waals surface area contributed by atoms with Crippen LogP contribution in [0.1, 0.15) is 24.2 Å². The Morgan fingerprint density at radius 1 is 1.39 bits per heavy atom. The first-order valence-corrected chi connectivity index (χ1v) is 6.25. The number of hydrogen-bond donors (Lipinski definition) is 1. The summed E-state index contributed by atoms with van der Waals surface area (Å²) in [4.78, 5) is 18.2. The van der Waals surface area contributed by atoms with Crippen molar-refractivity contribution in [2.45, 2.75) is 19.9 Å². The van der Waals surface area contributed by atoms with Crippen LogP contribution in [0.5, 0.6) is 0 Å². The van der Waals surface area contributed by atoms with Crippen LogP contribution in [-0.2, 0) is 4.74 Å². The molecule has 2 rings (SSSR count). The maximum absolute atomic E-state index is 11.9. The summed E-state index contributed by atoms with van der Waals surface area (Å²) in [5, 5.41) is 2.87. The number of pyridine rings is 1. The minimum absolute atomic E-state index is 0.0763. The summed E-state index contributed by atoms with van der Waals surface area (Å²) in [6, 6.07) is 2.01. The van der Waals surface area contributed by atoms with Gasteiger partial charge in [-0.1, -0.05) is 0 Å². The molecule has 1 aromatic heterocycles. The quantitative estimate of drug-likeness (QED) is 0.870. The summed E-state index contributed by atoms with van der Waals surface area (Å²) in [6.45, 7) is 7.02. The highest BCUT2D eigenvalue weighted by Gasteiger charge is 2.14. The highest BCUT2D eigenvalue weighted by Crippen LogP contribution is 2.16. The normalized spacial score (nSPS) is 15.8. The van der Waals surface area contributed by atoms with Crippen LogP contribution in [0.4, 0.5) is 5.69 Å². The van der Waals surface area contributed by atoms with Crippen LogP contribution >= 0.6 is 0 Å². The molecular formula is C13H19N3O2. The maximum Gasteiger partial charge on any atom is 0.253 e. The van der Waals surface area contributed by atoms with Gasteiger partial charge in [0.2, 0.25) is 0 Å². The van der Waals surface area contributed by atoms with Crippen LogP contribution in [0.25, 0.3) is 0 Å². The molecule has 1 N–H and O–H groups in total. The highest BCUT2D eigenvalue weighted by atomic mass is 16.5. The second-order valence-corrected chi connectivity index (χ2v) is 4.66. The van der Waals surface area contributed by atoms with Crippen LogP contribution in [0.2, 0.25) is 0 Å². The molecule has 98 valence electrons. The van der Waals surface area contributed by atoms with Crippen molar-refractivity contribution in [1.82, 2.24) is 10.3 Å². The second-order valence-electron chi connectivity index (χ2n) is 4.66. The zero-order valence-electron chi connectivity index (χ0n) is 10.8. The van der Waals surface area contributed by atoms with E-state index >= 15 is 0 Å². The summed E-state index contributed by atoms with van der Waals surface area (Å²) in [7, 11) is 0. The monoisotopic (exact) mass is 249 g/mol. The van der Waals surface area contributed by atoms with Gasteiger partial charge in [-0.15, -0.1) is 0 Å². The number of ether oxygens (including phenoxy) is 1. The van der Waals surface area contributed by atoms with Crippen molar-refractivity contribution in [2.75, 3.05) is 31.2 Å². The van der Waals surface area contributed by atoms with Gasteiger partial charge >= 0.3 is 0 Å². The Morgan fingerprint density at radius 3 is 2.78 bits per heavy atom. The van der Waals surface area contributed by atoms with Crippen LogP contribution in [0.3, 0.4) is 0 Å². The summed E-state index contributed by atoms with van der Waals surface area (Å²) in [6.07, 6.45) is 3.39. The molecule has 1 aromatic rings. The Bertz CT molecular complexity index is 414. The molecule has 1 aliphatic rings. The molecule has 2 heterocycles. The SMILES string of the molecule is CC(C)NC(=O)c1cncc(N2CCOCC2)c1. The number of nitrogens with zero attached hydrogens (tertiary/aromatic N) is 2. The molecule has 0 saturated carbocycles. The number of hydrogen-bond acceptors (Lipinski definition) is 4. The van der Waals surface area contributed by atoms with Crippen LogP contribution < -0.4 is 10.2 Å². The standard InChI is InChI=1S/C13H19N3O2/c1-10(2)15-13(17)11-7-12(9-14-8-11)16-3-5-18-6-4-16/h7-10H,3-6H2,1-2H3,(H,15,17). The Morgan fingerprint density at radius 2 is 2.11 bits per heavy atom. The van der Waals surface area contributed by atoms with Gasteiger partial charge in [-0.2, -0.15) is 0 Å². The fraction of sp³-hybridized carbons (Fsp3) is 0.538. The molecule has 0 bridgehead atoms. The number of nitrogens with one attached hydrogen (secondary N) is 1. The summed E-state index contributed by atoms with van der Waals surface area (Å²) in [5.41, 5.74) is 1.59. The van der Waals surface area contributed by atoms with Gasteiger partial charge in [0.25, 0.3) is 5.91 Å². The number of anilines is 1. The topological polar surface area (TPSA) is 54.5 Å². The van der Waals surface area contributed by atoms with E-state index in [-0.39, 0.29) is 11.9 Å². The number of amides is 1. The van der Waals surface area contributed by atoms with Gasteiger partial charge in [0, 0.05) is 25.3 Å². The molecule has 0 unspecified atom stereocenters. The molecule has 0 aromatic carbocycles. The molecular weight excluding hydrogens is 230 g/mol. The first kappa shape index (κ1) is 12.8. The minimum atomic E-state index is -0.0763. The fourth-order valence-electron chi connectivity index (χ4n) is 1.89. The molecule has 0 radical (unpaired) electrons. The van der Waals surface area contributed by atoms with Gasteiger partial charge < -0.3 is 15.0 Å². The fourth-order valence-corrected chi connectivity index (χ4v) is 1.89. The number of carbonyl (C=O) groups excluding carboxylic acids is 1. The number of carbonyl (C=O) groups is 1. The lowest BCUT2D eigenvalue weighted by Crippen LogP contribution is -2.36. The van der Waals surface area contributed by atoms with E-state index < -0.39 is 0 Å². The van der Waals surface area contributed by atoms with Gasteiger partial charge in [-0.05, 0) is 19.9 Å². The third kappa shape index (κ3) is 3.20. The third-order valence-corrected chi connectivity index (χ3v) is 2.78. The Hall–Kier alpha value is -1.62. The van der Waals surface area contributed by atoms with Crippen molar-refractivity contribution >= 4 is 11.6 Å². The van der Waals surface area contributed by atoms with Crippen molar-refractivity contribution in [3.8, 4) is 0 Å². The first-order valence-electron chi connectivity index (χ1n) is 6.25. The summed E-state index contributed by atoms with van der Waals surface area (Å²) >= 11 is 0. The Labute approximate surface area is 107 Å². The molecule has 5 nitrogen and oxygen atoms in total. The molecule has 1 aliphatic heterocycles. The minimum Gasteiger partial charge on any atom is -0.378 e. The first-order chi connectivity index (χ1) is 8.66. The molecule has 1 saturated heterocycles. The van der Waals surface area contributed by atoms with E-state index in [9.17, 15) is 4.79 Å². The lowest BCUT2D eigenvalue weighted by Gasteiger charge is -2.28. The Balaban J connectivity index is 2.11. The summed E-state index contributed by atoms with van der Waals surface area (Å²) < 4.78 is 5.31. The second kappa shape index (κ2) is 5.82. The summed E-state index contributed by atoms with van der Waals surface area (Å²) in [5.74, 6) is -0.0763. The molecule has 0 aliphatic carbocycles. The van der Waals surface area contributed by atoms with Gasteiger partial charge in [0.15, 0.2) is 0 Å². The predicted molar refractivity (Wildman–Crippen MR) is 69.9 cm³/mol. The van der Waals surface area contributed by atoms with Gasteiger partial charge in [0.05, 0.1) is 30.7 Å². The molecule has 5 heteroatoms. The lowest BCUT2D eigenvalue weighted by molar-refractivity contribution is 0.0942. The van der Waals surface area contributed by atoms with Crippen molar-refractivity contribution < 1.29 is 9.53 Å². The molecule has 18 heavy (non-hydrogen) atoms. The average molecular weight is 249 g/mol. The van der Waals surface area contributed by atoms with E-state index in [1.807, 2.05) is 19.9 Å². The molecule has 0 spiro atoms. The van der Waals surface area contributed by atoms with Gasteiger partial charge in [0.1, 0.15) is 0 Å². The maximum atomic E-state index is 11.9. The van der Waals surface area contributed by atoms with Crippen molar-refractivity contribution in [2.24, 2.45) is 0 Å². The zero-order chi connectivity index (χ0) is 13.0. The van der Waals surface area contributed by atoms with E-state index in [1.54, 1.807) is 12.4 Å². The molecule has 1 fully saturated rings. The van der Waals surface area contributed by atoms with Gasteiger partial charge in [-0.25, -0.2) is 0 Å². The lowest BCUT2D eigenvalue weighted by atomic mass is 10.2. The number of morpholine rings is 1.